The minimum Gasteiger partial charge on any atom is -0.322 e. The third kappa shape index (κ3) is 6.28. The van der Waals surface area contributed by atoms with Gasteiger partial charge in [0.15, 0.2) is 0 Å². The van der Waals surface area contributed by atoms with Gasteiger partial charge in [0.1, 0.15) is 0 Å². The lowest BCUT2D eigenvalue weighted by molar-refractivity contribution is 0.102. The molecular weight excluding hydrogens is 368 g/mol. The van der Waals surface area contributed by atoms with Gasteiger partial charge in [-0.25, -0.2) is 0 Å². The molecule has 0 bridgehead atoms. The summed E-state index contributed by atoms with van der Waals surface area (Å²) in [5, 5.41) is 2.96. The first-order chi connectivity index (χ1) is 14.7. The molecule has 0 heterocycles. The van der Waals surface area contributed by atoms with E-state index in [9.17, 15) is 4.79 Å². The number of hydrogen-bond donors (Lipinski definition) is 1. The summed E-state index contributed by atoms with van der Waals surface area (Å²) in [6, 6.07) is 27.2. The SMILES string of the molecule is C/C=C(\N=C(CC)c1ccccc1)c1cccc(NC(=O)c2ccccc2)c1.CC. The minimum atomic E-state index is -0.123. The van der Waals surface area contributed by atoms with Gasteiger partial charge in [0, 0.05) is 22.5 Å². The molecule has 1 amide bonds. The van der Waals surface area contributed by atoms with Gasteiger partial charge in [-0.1, -0.05) is 87.5 Å². The van der Waals surface area contributed by atoms with Gasteiger partial charge in [0.2, 0.25) is 0 Å². The molecule has 0 aliphatic heterocycles. The highest BCUT2D eigenvalue weighted by molar-refractivity contribution is 6.05. The summed E-state index contributed by atoms with van der Waals surface area (Å²) in [5.74, 6) is -0.123. The third-order valence-electron chi connectivity index (χ3n) is 4.42. The fourth-order valence-corrected chi connectivity index (χ4v) is 2.97. The summed E-state index contributed by atoms with van der Waals surface area (Å²) in [5.41, 5.74) is 5.39. The highest BCUT2D eigenvalue weighted by atomic mass is 16.1. The topological polar surface area (TPSA) is 41.5 Å². The lowest BCUT2D eigenvalue weighted by atomic mass is 10.1. The van der Waals surface area contributed by atoms with E-state index in [-0.39, 0.29) is 5.91 Å². The molecule has 0 spiro atoms. The number of amides is 1. The lowest BCUT2D eigenvalue weighted by Crippen LogP contribution is -2.11. The van der Waals surface area contributed by atoms with Crippen molar-refractivity contribution < 1.29 is 4.79 Å². The van der Waals surface area contributed by atoms with Gasteiger partial charge < -0.3 is 5.32 Å². The average molecular weight is 399 g/mol. The van der Waals surface area contributed by atoms with E-state index in [4.69, 9.17) is 4.99 Å². The van der Waals surface area contributed by atoms with Crippen molar-refractivity contribution in [1.82, 2.24) is 0 Å². The number of allylic oxidation sites excluding steroid dienone is 1. The van der Waals surface area contributed by atoms with Crippen molar-refractivity contribution in [3.05, 3.63) is 108 Å². The van der Waals surface area contributed by atoms with Crippen molar-refractivity contribution in [2.45, 2.75) is 34.1 Å². The molecule has 3 aromatic rings. The van der Waals surface area contributed by atoms with Gasteiger partial charge in [-0.15, -0.1) is 0 Å². The van der Waals surface area contributed by atoms with Gasteiger partial charge in [-0.2, -0.15) is 0 Å². The van der Waals surface area contributed by atoms with E-state index in [0.717, 1.165) is 34.6 Å². The fraction of sp³-hybridized carbons (Fsp3) is 0.185. The van der Waals surface area contributed by atoms with E-state index < -0.39 is 0 Å². The molecule has 0 radical (unpaired) electrons. The molecular formula is C27H30N2O. The van der Waals surface area contributed by atoms with Gasteiger partial charge in [-0.3, -0.25) is 9.79 Å². The molecule has 0 saturated carbocycles. The normalized spacial score (nSPS) is 11.3. The van der Waals surface area contributed by atoms with Crippen LogP contribution in [0.4, 0.5) is 5.69 Å². The number of rotatable bonds is 6. The van der Waals surface area contributed by atoms with Crippen LogP contribution >= 0.6 is 0 Å². The molecule has 3 aromatic carbocycles. The Labute approximate surface area is 180 Å². The van der Waals surface area contributed by atoms with Crippen molar-refractivity contribution in [1.29, 1.82) is 0 Å². The molecule has 30 heavy (non-hydrogen) atoms. The Morgan fingerprint density at radius 3 is 1.97 bits per heavy atom. The van der Waals surface area contributed by atoms with Crippen LogP contribution in [0, 0.1) is 0 Å². The number of carbonyl (C=O) groups is 1. The molecule has 0 atom stereocenters. The first-order valence-electron chi connectivity index (χ1n) is 10.5. The summed E-state index contributed by atoms with van der Waals surface area (Å²) in [6.07, 6.45) is 2.84. The van der Waals surface area contributed by atoms with Gasteiger partial charge in [0.05, 0.1) is 5.70 Å². The Kier molecular flexibility index (Phi) is 9.26. The molecule has 0 fully saturated rings. The molecule has 3 heteroatoms. The zero-order chi connectivity index (χ0) is 21.8. The third-order valence-corrected chi connectivity index (χ3v) is 4.42. The van der Waals surface area contributed by atoms with E-state index in [2.05, 4.69) is 24.4 Å². The second-order valence-electron chi connectivity index (χ2n) is 6.35. The van der Waals surface area contributed by atoms with Crippen molar-refractivity contribution in [3.8, 4) is 0 Å². The molecule has 3 rings (SSSR count). The predicted molar refractivity (Wildman–Crippen MR) is 129 cm³/mol. The van der Waals surface area contributed by atoms with E-state index in [1.807, 2.05) is 87.5 Å². The maximum Gasteiger partial charge on any atom is 0.255 e. The van der Waals surface area contributed by atoms with Gasteiger partial charge in [-0.05, 0) is 43.2 Å². The summed E-state index contributed by atoms with van der Waals surface area (Å²) in [6.45, 7) is 8.09. The van der Waals surface area contributed by atoms with Crippen LogP contribution in [0.3, 0.4) is 0 Å². The predicted octanol–water partition coefficient (Wildman–Crippen LogP) is 7.23. The highest BCUT2D eigenvalue weighted by Gasteiger charge is 2.08. The van der Waals surface area contributed by atoms with Crippen molar-refractivity contribution in [2.24, 2.45) is 4.99 Å². The summed E-state index contributed by atoms with van der Waals surface area (Å²) >= 11 is 0. The van der Waals surface area contributed by atoms with E-state index in [1.54, 1.807) is 12.1 Å². The molecule has 0 aliphatic rings. The van der Waals surface area contributed by atoms with E-state index in [1.165, 1.54) is 0 Å². The van der Waals surface area contributed by atoms with Crippen LogP contribution in [0.15, 0.2) is 96.0 Å². The van der Waals surface area contributed by atoms with E-state index >= 15 is 0 Å². The Morgan fingerprint density at radius 1 is 0.833 bits per heavy atom. The number of anilines is 1. The molecule has 1 N–H and O–H groups in total. The summed E-state index contributed by atoms with van der Waals surface area (Å²) < 4.78 is 0. The van der Waals surface area contributed by atoms with Gasteiger partial charge in [0.25, 0.3) is 5.91 Å². The largest absolute Gasteiger partial charge is 0.322 e. The van der Waals surface area contributed by atoms with Crippen LogP contribution in [-0.2, 0) is 0 Å². The van der Waals surface area contributed by atoms with Crippen LogP contribution in [0.5, 0.6) is 0 Å². The summed E-state index contributed by atoms with van der Waals surface area (Å²) in [4.78, 5) is 17.3. The lowest BCUT2D eigenvalue weighted by Gasteiger charge is -2.10. The second-order valence-corrected chi connectivity index (χ2v) is 6.35. The number of carbonyl (C=O) groups excluding carboxylic acids is 1. The Hall–Kier alpha value is -3.46. The number of nitrogens with one attached hydrogen (secondary N) is 1. The van der Waals surface area contributed by atoms with Gasteiger partial charge >= 0.3 is 0 Å². The first kappa shape index (κ1) is 22.8. The Balaban J connectivity index is 0.00000155. The molecule has 0 saturated heterocycles. The number of aliphatic imine (C=N–C) groups is 1. The molecule has 0 aliphatic carbocycles. The van der Waals surface area contributed by atoms with Crippen LogP contribution in [0.2, 0.25) is 0 Å². The molecule has 154 valence electrons. The van der Waals surface area contributed by atoms with Crippen LogP contribution in [0.1, 0.15) is 55.6 Å². The molecule has 0 aromatic heterocycles. The second kappa shape index (κ2) is 12.2. The van der Waals surface area contributed by atoms with Crippen molar-refractivity contribution in [2.75, 3.05) is 5.32 Å². The maximum absolute atomic E-state index is 12.4. The standard InChI is InChI=1S/C25H24N2O.C2H6/c1-3-23(19-12-7-5-8-13-19)27-24(4-2)21-16-11-17-22(18-21)26-25(28)20-14-9-6-10-15-20;1-2/h4-18H,3H2,1-2H3,(H,26,28);1-2H3/b24-4-,27-23?;. The van der Waals surface area contributed by atoms with Crippen LogP contribution in [-0.4, -0.2) is 11.6 Å². The quantitative estimate of drug-likeness (QED) is 0.437. The number of nitrogens with zero attached hydrogens (tertiary/aromatic N) is 1. The van der Waals surface area contributed by atoms with Crippen molar-refractivity contribution >= 4 is 23.0 Å². The van der Waals surface area contributed by atoms with E-state index in [0.29, 0.717) is 5.56 Å². The molecule has 0 unspecified atom stereocenters. The maximum atomic E-state index is 12.4. The minimum absolute atomic E-state index is 0.123. The van der Waals surface area contributed by atoms with Crippen LogP contribution in [0.25, 0.3) is 5.70 Å². The zero-order valence-corrected chi connectivity index (χ0v) is 18.2. The van der Waals surface area contributed by atoms with Crippen LogP contribution < -0.4 is 5.32 Å². The fourth-order valence-electron chi connectivity index (χ4n) is 2.97. The number of benzene rings is 3. The van der Waals surface area contributed by atoms with Crippen molar-refractivity contribution in [3.63, 3.8) is 0 Å². The zero-order valence-electron chi connectivity index (χ0n) is 18.2. The summed E-state index contributed by atoms with van der Waals surface area (Å²) in [7, 11) is 0. The average Bonchev–Trinajstić information content (AvgIpc) is 2.82. The number of hydrogen-bond acceptors (Lipinski definition) is 2. The highest BCUT2D eigenvalue weighted by Crippen LogP contribution is 2.22. The molecule has 3 nitrogen and oxygen atoms in total. The Bertz CT molecular complexity index is 990. The Morgan fingerprint density at radius 2 is 1.40 bits per heavy atom. The first-order valence-corrected chi connectivity index (χ1v) is 10.5. The monoisotopic (exact) mass is 398 g/mol. The smallest absolute Gasteiger partial charge is 0.255 e.